The molecule has 1 heterocycles. The molecule has 1 N–H and O–H groups in total. The van der Waals surface area contributed by atoms with Crippen LogP contribution in [0, 0.1) is 0 Å². The van der Waals surface area contributed by atoms with Gasteiger partial charge in [0.2, 0.25) is 0 Å². The van der Waals surface area contributed by atoms with E-state index in [0.717, 1.165) is 39.2 Å². The first-order valence-electron chi connectivity index (χ1n) is 6.76. The van der Waals surface area contributed by atoms with Gasteiger partial charge in [-0.1, -0.05) is 6.92 Å². The van der Waals surface area contributed by atoms with E-state index in [9.17, 15) is 0 Å². The number of nitrogens with one attached hydrogen (secondary N) is 1. The van der Waals surface area contributed by atoms with Crippen LogP contribution in [-0.4, -0.2) is 77.3 Å². The summed E-state index contributed by atoms with van der Waals surface area (Å²) >= 11 is 0. The summed E-state index contributed by atoms with van der Waals surface area (Å²) in [5, 5.41) is 3.46. The fourth-order valence-electron chi connectivity index (χ4n) is 2.45. The summed E-state index contributed by atoms with van der Waals surface area (Å²) in [7, 11) is 5.26. The number of rotatable bonds is 9. The van der Waals surface area contributed by atoms with Gasteiger partial charge in [0, 0.05) is 47.0 Å². The molecule has 0 aromatic heterocycles. The van der Waals surface area contributed by atoms with E-state index in [2.05, 4.69) is 17.1 Å². The van der Waals surface area contributed by atoms with Gasteiger partial charge in [-0.15, -0.1) is 0 Å². The Bertz CT molecular complexity index is 204. The number of methoxy groups -OCH3 is 3. The second-order valence-corrected chi connectivity index (χ2v) is 4.82. The van der Waals surface area contributed by atoms with Crippen LogP contribution in [0.3, 0.4) is 0 Å². The molecule has 1 aliphatic rings. The minimum absolute atomic E-state index is 0.167. The molecule has 18 heavy (non-hydrogen) atoms. The largest absolute Gasteiger partial charge is 0.383 e. The van der Waals surface area contributed by atoms with Gasteiger partial charge < -0.3 is 19.5 Å². The zero-order chi connectivity index (χ0) is 13.4. The zero-order valence-electron chi connectivity index (χ0n) is 12.1. The second kappa shape index (κ2) is 8.82. The molecule has 0 aliphatic carbocycles. The highest BCUT2D eigenvalue weighted by atomic mass is 16.5. The van der Waals surface area contributed by atoms with Crippen LogP contribution in [0.4, 0.5) is 0 Å². The van der Waals surface area contributed by atoms with Crippen molar-refractivity contribution < 1.29 is 14.2 Å². The molecule has 3 atom stereocenters. The molecule has 0 aromatic rings. The predicted molar refractivity (Wildman–Crippen MR) is 72.0 cm³/mol. The van der Waals surface area contributed by atoms with Gasteiger partial charge in [-0.05, 0) is 13.0 Å². The molecule has 0 bridgehead atoms. The van der Waals surface area contributed by atoms with Crippen LogP contribution in [0.5, 0.6) is 0 Å². The van der Waals surface area contributed by atoms with E-state index in [4.69, 9.17) is 14.2 Å². The summed E-state index contributed by atoms with van der Waals surface area (Å²) in [5.74, 6) is 0. The fourth-order valence-corrected chi connectivity index (χ4v) is 2.45. The topological polar surface area (TPSA) is 43.0 Å². The Labute approximate surface area is 111 Å². The van der Waals surface area contributed by atoms with Gasteiger partial charge in [-0.2, -0.15) is 0 Å². The Morgan fingerprint density at radius 2 is 1.78 bits per heavy atom. The summed E-state index contributed by atoms with van der Waals surface area (Å²) in [6, 6.07) is 0.388. The molecule has 1 aliphatic heterocycles. The van der Waals surface area contributed by atoms with E-state index in [1.807, 2.05) is 0 Å². The number of hydrogen-bond donors (Lipinski definition) is 1. The Hall–Kier alpha value is -0.200. The van der Waals surface area contributed by atoms with Crippen LogP contribution in [0.1, 0.15) is 13.3 Å². The molecule has 0 saturated carbocycles. The second-order valence-electron chi connectivity index (χ2n) is 4.82. The van der Waals surface area contributed by atoms with E-state index in [1.165, 1.54) is 0 Å². The lowest BCUT2D eigenvalue weighted by molar-refractivity contribution is -0.00461. The summed E-state index contributed by atoms with van der Waals surface area (Å²) in [4.78, 5) is 2.40. The standard InChI is InChI=1S/C13H28N2O3/c1-5-6-14-7-11(10-16-2)15-8-12(17-3)13(9-15)18-4/h11-14H,5-10H2,1-4H3. The first-order valence-corrected chi connectivity index (χ1v) is 6.76. The average molecular weight is 260 g/mol. The minimum Gasteiger partial charge on any atom is -0.383 e. The lowest BCUT2D eigenvalue weighted by Gasteiger charge is -2.27. The average Bonchev–Trinajstić information content (AvgIpc) is 2.81. The van der Waals surface area contributed by atoms with Gasteiger partial charge in [-0.25, -0.2) is 0 Å². The number of likely N-dealkylation sites (tertiary alicyclic amines) is 1. The molecule has 1 rings (SSSR count). The van der Waals surface area contributed by atoms with Crippen molar-refractivity contribution in [2.45, 2.75) is 31.6 Å². The highest BCUT2D eigenvalue weighted by molar-refractivity contribution is 4.90. The Kier molecular flexibility index (Phi) is 7.77. The molecule has 5 heteroatoms. The van der Waals surface area contributed by atoms with E-state index in [-0.39, 0.29) is 12.2 Å². The summed E-state index contributed by atoms with van der Waals surface area (Å²) in [5.41, 5.74) is 0. The van der Waals surface area contributed by atoms with Gasteiger partial charge in [-0.3, -0.25) is 4.90 Å². The smallest absolute Gasteiger partial charge is 0.0971 e. The zero-order valence-corrected chi connectivity index (χ0v) is 12.1. The molecule has 5 nitrogen and oxygen atoms in total. The molecule has 0 radical (unpaired) electrons. The van der Waals surface area contributed by atoms with Crippen LogP contribution in [0.25, 0.3) is 0 Å². The van der Waals surface area contributed by atoms with Crippen molar-refractivity contribution in [3.05, 3.63) is 0 Å². The van der Waals surface area contributed by atoms with E-state index in [1.54, 1.807) is 21.3 Å². The SMILES string of the molecule is CCCNCC(COC)N1CC(OC)C(OC)C1. The number of ether oxygens (including phenoxy) is 3. The monoisotopic (exact) mass is 260 g/mol. The third kappa shape index (κ3) is 4.48. The van der Waals surface area contributed by atoms with Crippen molar-refractivity contribution >= 4 is 0 Å². The van der Waals surface area contributed by atoms with Crippen LogP contribution >= 0.6 is 0 Å². The Balaban J connectivity index is 2.47. The lowest BCUT2D eigenvalue weighted by atomic mass is 10.2. The van der Waals surface area contributed by atoms with Crippen molar-refractivity contribution in [2.24, 2.45) is 0 Å². The molecule has 1 fully saturated rings. The summed E-state index contributed by atoms with van der Waals surface area (Å²) in [6.07, 6.45) is 1.49. The molecular weight excluding hydrogens is 232 g/mol. The van der Waals surface area contributed by atoms with Crippen molar-refractivity contribution in [1.82, 2.24) is 10.2 Å². The van der Waals surface area contributed by atoms with Gasteiger partial charge in [0.05, 0.1) is 18.8 Å². The Morgan fingerprint density at radius 1 is 1.17 bits per heavy atom. The number of hydrogen-bond acceptors (Lipinski definition) is 5. The number of nitrogens with zero attached hydrogens (tertiary/aromatic N) is 1. The minimum atomic E-state index is 0.167. The van der Waals surface area contributed by atoms with Gasteiger partial charge in [0.25, 0.3) is 0 Å². The fraction of sp³-hybridized carbons (Fsp3) is 1.00. The van der Waals surface area contributed by atoms with E-state index in [0.29, 0.717) is 6.04 Å². The normalized spacial score (nSPS) is 26.7. The molecular formula is C13H28N2O3. The van der Waals surface area contributed by atoms with Gasteiger partial charge >= 0.3 is 0 Å². The maximum atomic E-state index is 5.47. The lowest BCUT2D eigenvalue weighted by Crippen LogP contribution is -2.44. The van der Waals surface area contributed by atoms with Gasteiger partial charge in [0.15, 0.2) is 0 Å². The quantitative estimate of drug-likeness (QED) is 0.606. The van der Waals surface area contributed by atoms with Crippen LogP contribution in [-0.2, 0) is 14.2 Å². The highest BCUT2D eigenvalue weighted by Crippen LogP contribution is 2.18. The van der Waals surface area contributed by atoms with Crippen molar-refractivity contribution in [3.63, 3.8) is 0 Å². The molecule has 108 valence electrons. The highest BCUT2D eigenvalue weighted by Gasteiger charge is 2.36. The summed E-state index contributed by atoms with van der Waals surface area (Å²) < 4.78 is 16.3. The van der Waals surface area contributed by atoms with Crippen molar-refractivity contribution in [2.75, 3.05) is 54.1 Å². The molecule has 0 spiro atoms. The summed E-state index contributed by atoms with van der Waals surface area (Å²) in [6.45, 7) is 6.75. The molecule has 3 unspecified atom stereocenters. The van der Waals surface area contributed by atoms with Crippen LogP contribution in [0.2, 0.25) is 0 Å². The first kappa shape index (κ1) is 15.9. The van der Waals surface area contributed by atoms with Crippen LogP contribution in [0.15, 0.2) is 0 Å². The Morgan fingerprint density at radius 3 is 2.22 bits per heavy atom. The van der Waals surface area contributed by atoms with Crippen LogP contribution < -0.4 is 5.32 Å². The molecule has 0 aromatic carbocycles. The molecule has 0 amide bonds. The van der Waals surface area contributed by atoms with E-state index < -0.39 is 0 Å². The van der Waals surface area contributed by atoms with Gasteiger partial charge in [0.1, 0.15) is 0 Å². The molecule has 1 saturated heterocycles. The first-order chi connectivity index (χ1) is 8.76. The maximum absolute atomic E-state index is 5.47. The van der Waals surface area contributed by atoms with Crippen molar-refractivity contribution in [1.29, 1.82) is 0 Å². The third-order valence-electron chi connectivity index (χ3n) is 3.53. The maximum Gasteiger partial charge on any atom is 0.0971 e. The predicted octanol–water partition coefficient (Wildman–Crippen LogP) is 0.347. The van der Waals surface area contributed by atoms with E-state index >= 15 is 0 Å². The van der Waals surface area contributed by atoms with Crippen molar-refractivity contribution in [3.8, 4) is 0 Å². The third-order valence-corrected chi connectivity index (χ3v) is 3.53.